The van der Waals surface area contributed by atoms with Crippen molar-refractivity contribution in [3.63, 3.8) is 0 Å². The van der Waals surface area contributed by atoms with Gasteiger partial charge in [0.2, 0.25) is 5.95 Å². The van der Waals surface area contributed by atoms with Gasteiger partial charge in [-0.3, -0.25) is 0 Å². The van der Waals surface area contributed by atoms with Gasteiger partial charge in [0.15, 0.2) is 0 Å². The minimum atomic E-state index is -0.490. The average molecular weight is 545 g/mol. The first kappa shape index (κ1) is 27.7. The van der Waals surface area contributed by atoms with E-state index in [1.807, 2.05) is 19.2 Å². The zero-order valence-corrected chi connectivity index (χ0v) is 24.3. The van der Waals surface area contributed by atoms with Gasteiger partial charge in [-0.15, -0.1) is 0 Å². The molecule has 1 aromatic heterocycles. The number of nitrogen functional groups attached to an aromatic ring is 1. The molecule has 2 atom stereocenters. The van der Waals surface area contributed by atoms with E-state index < -0.39 is 5.41 Å². The van der Waals surface area contributed by atoms with Gasteiger partial charge in [0.1, 0.15) is 17.9 Å². The quantitative estimate of drug-likeness (QED) is 0.306. The number of hydrogen-bond acceptors (Lipinski definition) is 10. The Kier molecular flexibility index (Phi) is 7.82. The lowest BCUT2D eigenvalue weighted by molar-refractivity contribution is 0.151. The molecule has 0 amide bonds. The van der Waals surface area contributed by atoms with Crippen molar-refractivity contribution in [3.8, 4) is 5.75 Å². The number of aromatic nitrogens is 3. The van der Waals surface area contributed by atoms with Gasteiger partial charge in [0.25, 0.3) is 0 Å². The molecule has 0 radical (unpaired) electrons. The molecule has 3 N–H and O–H groups in total. The van der Waals surface area contributed by atoms with Crippen LogP contribution in [0.3, 0.4) is 0 Å². The Morgan fingerprint density at radius 2 is 1.98 bits per heavy atom. The highest BCUT2D eigenvalue weighted by Crippen LogP contribution is 2.50. The molecule has 2 aliphatic rings. The maximum atomic E-state index is 6.50. The SMILES string of the molecule is COc1cc(N(C)CCN(C)C)c(N)cc1Nc1ncnc(C2(C)c3ccccc3N(C)C2C2=CCOCC2)n1. The van der Waals surface area contributed by atoms with E-state index in [4.69, 9.17) is 25.2 Å². The van der Waals surface area contributed by atoms with Crippen LogP contribution in [0, 0.1) is 0 Å². The number of ether oxygens (including phenoxy) is 2. The van der Waals surface area contributed by atoms with Crippen molar-refractivity contribution in [1.82, 2.24) is 19.9 Å². The fourth-order valence-electron chi connectivity index (χ4n) is 5.93. The predicted octanol–water partition coefficient (Wildman–Crippen LogP) is 3.67. The number of fused-ring (bicyclic) bond motifs is 1. The number of benzene rings is 2. The lowest BCUT2D eigenvalue weighted by Crippen LogP contribution is -2.45. The molecule has 212 valence electrons. The number of para-hydroxylation sites is 1. The number of likely N-dealkylation sites (N-methyl/N-ethyl adjacent to an activating group) is 3. The van der Waals surface area contributed by atoms with Gasteiger partial charge in [-0.2, -0.15) is 4.98 Å². The summed E-state index contributed by atoms with van der Waals surface area (Å²) < 4.78 is 11.4. The topological polar surface area (TPSA) is 105 Å². The van der Waals surface area contributed by atoms with Crippen molar-refractivity contribution in [2.45, 2.75) is 24.8 Å². The average Bonchev–Trinajstić information content (AvgIpc) is 3.19. The minimum Gasteiger partial charge on any atom is -0.494 e. The van der Waals surface area contributed by atoms with Crippen LogP contribution in [0.4, 0.5) is 28.7 Å². The van der Waals surface area contributed by atoms with E-state index >= 15 is 0 Å². The molecule has 2 aromatic carbocycles. The molecule has 3 aromatic rings. The summed E-state index contributed by atoms with van der Waals surface area (Å²) in [6.07, 6.45) is 4.66. The molecule has 0 saturated carbocycles. The summed E-state index contributed by atoms with van der Waals surface area (Å²) in [5.74, 6) is 1.79. The van der Waals surface area contributed by atoms with Gasteiger partial charge < -0.3 is 35.2 Å². The smallest absolute Gasteiger partial charge is 0.230 e. The first-order valence-electron chi connectivity index (χ1n) is 13.6. The highest BCUT2D eigenvalue weighted by molar-refractivity contribution is 5.79. The van der Waals surface area contributed by atoms with Gasteiger partial charge in [0, 0.05) is 38.9 Å². The Hall–Kier alpha value is -3.89. The Labute approximate surface area is 236 Å². The summed E-state index contributed by atoms with van der Waals surface area (Å²) in [7, 11) is 9.94. The monoisotopic (exact) mass is 544 g/mol. The van der Waals surface area contributed by atoms with Gasteiger partial charge in [0.05, 0.1) is 48.8 Å². The van der Waals surface area contributed by atoms with Crippen LogP contribution in [0.2, 0.25) is 0 Å². The van der Waals surface area contributed by atoms with Crippen LogP contribution in [0.5, 0.6) is 5.75 Å². The lowest BCUT2D eigenvalue weighted by atomic mass is 9.74. The molecule has 3 heterocycles. The van der Waals surface area contributed by atoms with Gasteiger partial charge >= 0.3 is 0 Å². The van der Waals surface area contributed by atoms with Crippen LogP contribution < -0.4 is 25.6 Å². The highest BCUT2D eigenvalue weighted by Gasteiger charge is 2.51. The second kappa shape index (κ2) is 11.3. The van der Waals surface area contributed by atoms with E-state index in [0.29, 0.717) is 42.1 Å². The Balaban J connectivity index is 1.50. The van der Waals surface area contributed by atoms with E-state index in [-0.39, 0.29) is 6.04 Å². The zero-order valence-electron chi connectivity index (χ0n) is 24.3. The molecule has 0 aliphatic carbocycles. The number of nitrogens with one attached hydrogen (secondary N) is 1. The van der Waals surface area contributed by atoms with Crippen LogP contribution in [0.25, 0.3) is 0 Å². The van der Waals surface area contributed by atoms with E-state index in [9.17, 15) is 0 Å². The summed E-state index contributed by atoms with van der Waals surface area (Å²) in [5, 5.41) is 3.35. The molecule has 10 heteroatoms. The molecule has 2 unspecified atom stereocenters. The van der Waals surface area contributed by atoms with Gasteiger partial charge in [-0.25, -0.2) is 9.97 Å². The van der Waals surface area contributed by atoms with Crippen LogP contribution in [0.1, 0.15) is 24.7 Å². The van der Waals surface area contributed by atoms with E-state index in [2.05, 4.69) is 83.4 Å². The Morgan fingerprint density at radius 3 is 2.70 bits per heavy atom. The summed E-state index contributed by atoms with van der Waals surface area (Å²) in [6.45, 7) is 5.31. The zero-order chi connectivity index (χ0) is 28.4. The first-order valence-corrected chi connectivity index (χ1v) is 13.6. The molecule has 40 heavy (non-hydrogen) atoms. The fraction of sp³-hybridized carbons (Fsp3) is 0.433. The summed E-state index contributed by atoms with van der Waals surface area (Å²) in [5.41, 5.74) is 12.0. The number of nitrogens with two attached hydrogens (primary N) is 1. The number of hydrogen-bond donors (Lipinski definition) is 2. The van der Waals surface area contributed by atoms with Crippen molar-refractivity contribution in [1.29, 1.82) is 0 Å². The van der Waals surface area contributed by atoms with Crippen molar-refractivity contribution < 1.29 is 9.47 Å². The third-order valence-electron chi connectivity index (χ3n) is 8.05. The largest absolute Gasteiger partial charge is 0.494 e. The second-order valence-electron chi connectivity index (χ2n) is 10.9. The molecular formula is C30H40N8O2. The van der Waals surface area contributed by atoms with Gasteiger partial charge in [-0.05, 0) is 50.7 Å². The molecule has 5 rings (SSSR count). The van der Waals surface area contributed by atoms with Crippen LogP contribution in [-0.2, 0) is 10.2 Å². The maximum absolute atomic E-state index is 6.50. The van der Waals surface area contributed by atoms with Crippen molar-refractivity contribution in [3.05, 3.63) is 65.8 Å². The number of methoxy groups -OCH3 is 1. The second-order valence-corrected chi connectivity index (χ2v) is 10.9. The van der Waals surface area contributed by atoms with E-state index in [1.165, 1.54) is 16.8 Å². The standard InChI is InChI=1S/C30H40N8O2/c1-30(21-9-7-8-10-24(21)38(5)27(30)20-11-15-40-16-12-20)28-32-19-33-29(35-28)34-23-17-22(31)25(18-26(23)39-6)37(4)14-13-36(2)3/h7-11,17-19,27H,12-16,31H2,1-6H3,(H,32,33,34,35). The third kappa shape index (κ3) is 5.04. The van der Waals surface area contributed by atoms with Crippen molar-refractivity contribution >= 4 is 28.7 Å². The van der Waals surface area contributed by atoms with Gasteiger partial charge in [-0.1, -0.05) is 24.3 Å². The Bertz CT molecular complexity index is 1390. The Morgan fingerprint density at radius 1 is 1.18 bits per heavy atom. The maximum Gasteiger partial charge on any atom is 0.230 e. The van der Waals surface area contributed by atoms with E-state index in [1.54, 1.807) is 13.4 Å². The van der Waals surface area contributed by atoms with Crippen molar-refractivity contribution in [2.75, 3.05) is 82.5 Å². The molecule has 0 spiro atoms. The summed E-state index contributed by atoms with van der Waals surface area (Å²) in [6, 6.07) is 12.4. The van der Waals surface area contributed by atoms with E-state index in [0.717, 1.165) is 25.2 Å². The fourth-order valence-corrected chi connectivity index (χ4v) is 5.93. The summed E-state index contributed by atoms with van der Waals surface area (Å²) >= 11 is 0. The normalized spacial score (nSPS) is 20.3. The third-order valence-corrected chi connectivity index (χ3v) is 8.05. The predicted molar refractivity (Wildman–Crippen MR) is 161 cm³/mol. The molecule has 0 bridgehead atoms. The summed E-state index contributed by atoms with van der Waals surface area (Å²) in [4.78, 5) is 20.8. The number of rotatable bonds is 9. The number of anilines is 5. The highest BCUT2D eigenvalue weighted by atomic mass is 16.5. The van der Waals surface area contributed by atoms with Crippen LogP contribution in [-0.4, -0.2) is 87.5 Å². The molecule has 0 saturated heterocycles. The molecule has 2 aliphatic heterocycles. The van der Waals surface area contributed by atoms with Crippen LogP contribution in [0.15, 0.2) is 54.4 Å². The number of nitrogens with zero attached hydrogens (tertiary/aromatic N) is 6. The molecular weight excluding hydrogens is 504 g/mol. The van der Waals surface area contributed by atoms with Crippen molar-refractivity contribution in [2.24, 2.45) is 0 Å². The lowest BCUT2D eigenvalue weighted by Gasteiger charge is -2.37. The minimum absolute atomic E-state index is 0.0613. The first-order chi connectivity index (χ1) is 19.2. The molecule has 0 fully saturated rings. The van der Waals surface area contributed by atoms with Crippen LogP contribution >= 0.6 is 0 Å². The molecule has 10 nitrogen and oxygen atoms in total.